The second-order valence-electron chi connectivity index (χ2n) is 16.8. The Morgan fingerprint density at radius 1 is 0.449 bits per heavy atom. The molecule has 1 aliphatic rings. The van der Waals surface area contributed by atoms with Gasteiger partial charge in [-0.15, -0.1) is 23.5 Å². The summed E-state index contributed by atoms with van der Waals surface area (Å²) in [6, 6.07) is 75.1. The third kappa shape index (κ3) is 9.84. The summed E-state index contributed by atoms with van der Waals surface area (Å²) in [5, 5.41) is 6.04. The maximum atomic E-state index is 15.1. The smallest absolute Gasteiger partial charge is 0.407 e. The van der Waals surface area contributed by atoms with E-state index in [0.717, 1.165) is 55.6 Å². The Hall–Kier alpha value is -7.33. The predicted octanol–water partition coefficient (Wildman–Crippen LogP) is 12.0. The van der Waals surface area contributed by atoms with Crippen molar-refractivity contribution in [1.29, 1.82) is 0 Å². The zero-order valence-corrected chi connectivity index (χ0v) is 39.8. The number of thioether (sulfide) groups is 2. The number of hydrogen-bond donors (Lipinski definition) is 2. The summed E-state index contributed by atoms with van der Waals surface area (Å²) >= 11 is 3.07. The SMILES string of the molecule is COC(=O)[C@H](CSC(c1ccccc1)(c1ccccc1)c1ccccc1)NC(=O)[C@H](CSC(c1ccccc1)(c1ccccc1)c1ccccc1)NC(=O)OCC1c2ccccc2-c2ccccc21. The summed E-state index contributed by atoms with van der Waals surface area (Å²) < 4.78 is 9.90. The lowest BCUT2D eigenvalue weighted by atomic mass is 9.84. The van der Waals surface area contributed by atoms with Crippen LogP contribution in [-0.4, -0.2) is 55.3 Å². The number of hydrogen-bond acceptors (Lipinski definition) is 7. The van der Waals surface area contributed by atoms with E-state index in [-0.39, 0.29) is 24.0 Å². The minimum atomic E-state index is -1.17. The van der Waals surface area contributed by atoms with Gasteiger partial charge in [-0.1, -0.05) is 231 Å². The van der Waals surface area contributed by atoms with Crippen molar-refractivity contribution >= 4 is 41.5 Å². The van der Waals surface area contributed by atoms with Crippen molar-refractivity contribution in [2.45, 2.75) is 27.5 Å². The van der Waals surface area contributed by atoms with E-state index >= 15 is 4.79 Å². The second-order valence-corrected chi connectivity index (χ2v) is 19.3. The van der Waals surface area contributed by atoms with Gasteiger partial charge in [0.05, 0.1) is 16.6 Å². The van der Waals surface area contributed by atoms with Crippen molar-refractivity contribution in [3.63, 3.8) is 0 Å². The van der Waals surface area contributed by atoms with Crippen molar-refractivity contribution in [2.75, 3.05) is 25.2 Å². The van der Waals surface area contributed by atoms with Crippen molar-refractivity contribution in [3.8, 4) is 11.1 Å². The van der Waals surface area contributed by atoms with Gasteiger partial charge in [0.1, 0.15) is 18.7 Å². The normalized spacial score (nSPS) is 13.0. The number of methoxy groups -OCH3 is 1. The van der Waals surface area contributed by atoms with Crippen LogP contribution in [0.4, 0.5) is 4.79 Å². The van der Waals surface area contributed by atoms with E-state index in [4.69, 9.17) is 9.47 Å². The number of esters is 1. The zero-order valence-electron chi connectivity index (χ0n) is 38.2. The molecule has 9 rings (SSSR count). The van der Waals surface area contributed by atoms with E-state index in [1.165, 1.54) is 30.6 Å². The van der Waals surface area contributed by atoms with Crippen molar-refractivity contribution < 1.29 is 23.9 Å². The molecule has 0 radical (unpaired) electrons. The van der Waals surface area contributed by atoms with Crippen LogP contribution in [-0.2, 0) is 28.6 Å². The molecule has 0 bridgehead atoms. The number of rotatable bonds is 18. The first-order valence-electron chi connectivity index (χ1n) is 23.0. The van der Waals surface area contributed by atoms with Crippen LogP contribution in [0.3, 0.4) is 0 Å². The van der Waals surface area contributed by atoms with Crippen molar-refractivity contribution in [1.82, 2.24) is 10.6 Å². The highest BCUT2D eigenvalue weighted by atomic mass is 32.2. The van der Waals surface area contributed by atoms with Gasteiger partial charge in [0.25, 0.3) is 0 Å². The van der Waals surface area contributed by atoms with Crippen molar-refractivity contribution in [2.24, 2.45) is 0 Å². The molecule has 0 heterocycles. The average Bonchev–Trinajstić information content (AvgIpc) is 3.74. The van der Waals surface area contributed by atoms with Gasteiger partial charge in [0.2, 0.25) is 5.91 Å². The molecule has 0 saturated heterocycles. The molecule has 344 valence electrons. The molecule has 0 fully saturated rings. The molecule has 8 aromatic carbocycles. The lowest BCUT2D eigenvalue weighted by Gasteiger charge is -2.37. The number of alkyl carbamates (subject to hydrolysis) is 1. The third-order valence-corrected chi connectivity index (χ3v) is 16.0. The summed E-state index contributed by atoms with van der Waals surface area (Å²) in [7, 11) is 1.32. The molecule has 8 aromatic rings. The van der Waals surface area contributed by atoms with Crippen LogP contribution in [0.15, 0.2) is 231 Å². The lowest BCUT2D eigenvalue weighted by Crippen LogP contribution is -2.54. The van der Waals surface area contributed by atoms with Crippen LogP contribution in [0.5, 0.6) is 0 Å². The van der Waals surface area contributed by atoms with Gasteiger partial charge in [0.15, 0.2) is 0 Å². The second kappa shape index (κ2) is 21.7. The van der Waals surface area contributed by atoms with E-state index in [1.54, 1.807) is 0 Å². The number of nitrogens with one attached hydrogen (secondary N) is 2. The lowest BCUT2D eigenvalue weighted by molar-refractivity contribution is -0.144. The largest absolute Gasteiger partial charge is 0.467 e. The first-order chi connectivity index (χ1) is 33.9. The van der Waals surface area contributed by atoms with Crippen molar-refractivity contribution in [3.05, 3.63) is 275 Å². The van der Waals surface area contributed by atoms with E-state index < -0.39 is 39.5 Å². The fourth-order valence-corrected chi connectivity index (χ4v) is 12.6. The molecule has 0 unspecified atom stereocenters. The average molecular weight is 945 g/mol. The number of fused-ring (bicyclic) bond motifs is 3. The molecule has 2 amide bonds. The summed E-state index contributed by atoms with van der Waals surface area (Å²) in [6.07, 6.45) is -0.748. The van der Waals surface area contributed by atoms with Crippen LogP contribution >= 0.6 is 23.5 Å². The Kier molecular flexibility index (Phi) is 14.7. The molecule has 9 heteroatoms. The quantitative estimate of drug-likeness (QED) is 0.0654. The fraction of sp³-hybridized carbons (Fsp3) is 0.150. The van der Waals surface area contributed by atoms with E-state index in [9.17, 15) is 9.59 Å². The Labute approximate surface area is 412 Å². The molecule has 2 atom stereocenters. The summed E-state index contributed by atoms with van der Waals surface area (Å²) in [5.41, 5.74) is 10.4. The molecule has 0 aliphatic heterocycles. The molecule has 2 N–H and O–H groups in total. The van der Waals surface area contributed by atoms with Gasteiger partial charge >= 0.3 is 12.1 Å². The molecule has 0 saturated carbocycles. The van der Waals surface area contributed by atoms with Crippen LogP contribution in [0.1, 0.15) is 50.4 Å². The molecule has 0 spiro atoms. The van der Waals surface area contributed by atoms with Gasteiger partial charge < -0.3 is 20.1 Å². The number of ether oxygens (including phenoxy) is 2. The van der Waals surface area contributed by atoms with Gasteiger partial charge in [-0.25, -0.2) is 9.59 Å². The van der Waals surface area contributed by atoms with E-state index in [0.29, 0.717) is 0 Å². The molecular weight excluding hydrogens is 893 g/mol. The topological polar surface area (TPSA) is 93.7 Å². The Bertz CT molecular complexity index is 2720. The van der Waals surface area contributed by atoms with Crippen LogP contribution in [0, 0.1) is 0 Å². The highest BCUT2D eigenvalue weighted by molar-refractivity contribution is 8.01. The third-order valence-electron chi connectivity index (χ3n) is 12.8. The minimum absolute atomic E-state index is 0.0608. The number of carbonyl (C=O) groups excluding carboxylic acids is 3. The number of carbonyl (C=O) groups is 3. The number of amides is 2. The summed E-state index contributed by atoms with van der Waals surface area (Å²) in [5.74, 6) is -1.13. The molecular formula is C60H52N2O5S2. The molecule has 69 heavy (non-hydrogen) atoms. The standard InChI is InChI=1S/C60H52N2O5S2/c1-66-57(64)55(42-69-60(46-30-14-5-15-31-46,47-32-16-6-17-33-47)48-34-18-7-19-35-48)61-56(63)54(62-58(65)67-40-53-51-38-22-20-36-49(51)50-37-21-23-39-52(50)53)41-68-59(43-24-8-2-9-25-43,44-26-10-3-11-27-44)45-28-12-4-13-29-45/h2-39,53-55H,40-42H2,1H3,(H,61,63)(H,62,65)/t54-,55-/m0/s1. The molecule has 0 aromatic heterocycles. The van der Waals surface area contributed by atoms with E-state index in [2.05, 4.69) is 108 Å². The Morgan fingerprint density at radius 3 is 1.12 bits per heavy atom. The van der Waals surface area contributed by atoms with Gasteiger partial charge in [-0.3, -0.25) is 4.79 Å². The fourth-order valence-electron chi connectivity index (χ4n) is 9.50. The maximum absolute atomic E-state index is 15.1. The minimum Gasteiger partial charge on any atom is -0.467 e. The van der Waals surface area contributed by atoms with Crippen LogP contribution in [0.25, 0.3) is 11.1 Å². The molecule has 7 nitrogen and oxygen atoms in total. The van der Waals surface area contributed by atoms with Gasteiger partial charge in [0, 0.05) is 17.4 Å². The summed E-state index contributed by atoms with van der Waals surface area (Å²) in [4.78, 5) is 43.4. The zero-order chi connectivity index (χ0) is 47.5. The Balaban J connectivity index is 1.06. The monoisotopic (exact) mass is 944 g/mol. The molecule has 1 aliphatic carbocycles. The van der Waals surface area contributed by atoms with Gasteiger partial charge in [-0.2, -0.15) is 0 Å². The Morgan fingerprint density at radius 2 is 0.768 bits per heavy atom. The first kappa shape index (κ1) is 46.8. The maximum Gasteiger partial charge on any atom is 0.407 e. The van der Waals surface area contributed by atoms with Crippen LogP contribution in [0.2, 0.25) is 0 Å². The highest BCUT2D eigenvalue weighted by Gasteiger charge is 2.42. The first-order valence-corrected chi connectivity index (χ1v) is 25.0. The van der Waals surface area contributed by atoms with Crippen LogP contribution < -0.4 is 10.6 Å². The van der Waals surface area contributed by atoms with Gasteiger partial charge in [-0.05, 0) is 55.6 Å². The highest BCUT2D eigenvalue weighted by Crippen LogP contribution is 2.50. The summed E-state index contributed by atoms with van der Waals surface area (Å²) in [6.45, 7) is 0.0608. The predicted molar refractivity (Wildman–Crippen MR) is 279 cm³/mol. The number of benzene rings is 8. The van der Waals surface area contributed by atoms with E-state index in [1.807, 2.05) is 133 Å².